The molecule has 0 spiro atoms. The molecular weight excluding hydrogens is 374 g/mol. The van der Waals surface area contributed by atoms with Crippen LogP contribution in [0.1, 0.15) is 18.7 Å². The number of rotatable bonds is 5. The van der Waals surface area contributed by atoms with E-state index in [1.807, 2.05) is 23.9 Å². The molecule has 2 aliphatic heterocycles. The number of ether oxygens (including phenoxy) is 3. The van der Waals surface area contributed by atoms with Gasteiger partial charge in [0.2, 0.25) is 5.95 Å². The number of nitriles is 1. The van der Waals surface area contributed by atoms with Crippen LogP contribution in [-0.2, 0) is 16.5 Å². The molecule has 2 atom stereocenters. The van der Waals surface area contributed by atoms with Crippen LogP contribution in [0.15, 0.2) is 18.5 Å². The van der Waals surface area contributed by atoms with Gasteiger partial charge in [0.05, 0.1) is 38.7 Å². The highest BCUT2D eigenvalue weighted by molar-refractivity contribution is 5.79. The van der Waals surface area contributed by atoms with Crippen molar-refractivity contribution in [1.29, 1.82) is 5.26 Å². The van der Waals surface area contributed by atoms with Crippen LogP contribution in [0.3, 0.4) is 0 Å². The predicted octanol–water partition coefficient (Wildman–Crippen LogP) is 1.77. The quantitative estimate of drug-likeness (QED) is 0.696. The Bertz CT molecular complexity index is 1100. The van der Waals surface area contributed by atoms with Crippen molar-refractivity contribution in [3.63, 3.8) is 0 Å². The minimum Gasteiger partial charge on any atom is -0.467 e. The van der Waals surface area contributed by atoms with Gasteiger partial charge in [0.15, 0.2) is 0 Å². The van der Waals surface area contributed by atoms with Gasteiger partial charge in [-0.05, 0) is 6.07 Å². The molecule has 0 amide bonds. The largest absolute Gasteiger partial charge is 0.467 e. The van der Waals surface area contributed by atoms with Crippen molar-refractivity contribution < 1.29 is 14.2 Å². The van der Waals surface area contributed by atoms with Crippen molar-refractivity contribution in [3.8, 4) is 11.9 Å². The van der Waals surface area contributed by atoms with E-state index in [1.165, 1.54) is 0 Å². The van der Waals surface area contributed by atoms with E-state index in [1.54, 1.807) is 10.9 Å². The molecule has 2 fully saturated rings. The fraction of sp³-hybridized carbons (Fsp3) is 0.474. The summed E-state index contributed by atoms with van der Waals surface area (Å²) in [6, 6.07) is 4.16. The molecule has 29 heavy (non-hydrogen) atoms. The minimum absolute atomic E-state index is 0.00752. The standard InChI is InChI=1S/C19H21N7O3/c1-11-7-27-10-16(11)26-13(4-20)3-12-5-21-19(23-17(12)26)22-15-6-25(2)24-18(15)29-14-8-28-9-14/h3,5-6,11,14,16H,7-10H2,1-2H3,(H,21,22,23). The molecule has 0 aromatic carbocycles. The van der Waals surface area contributed by atoms with Gasteiger partial charge in [-0.1, -0.05) is 6.92 Å². The number of anilines is 2. The van der Waals surface area contributed by atoms with Crippen LogP contribution in [0.4, 0.5) is 11.6 Å². The fourth-order valence-electron chi connectivity index (χ4n) is 3.67. The van der Waals surface area contributed by atoms with Crippen molar-refractivity contribution in [2.24, 2.45) is 13.0 Å². The summed E-state index contributed by atoms with van der Waals surface area (Å²) in [4.78, 5) is 9.11. The molecule has 2 saturated heterocycles. The molecule has 3 aromatic rings. The SMILES string of the molecule is CC1COCC1n1c(C#N)cc2cnc(Nc3cn(C)nc3OC3COC3)nc21. The van der Waals surface area contributed by atoms with Crippen LogP contribution in [0, 0.1) is 17.2 Å². The van der Waals surface area contributed by atoms with E-state index >= 15 is 0 Å². The molecule has 0 bridgehead atoms. The van der Waals surface area contributed by atoms with Crippen LogP contribution in [0.2, 0.25) is 0 Å². The molecule has 1 N–H and O–H groups in total. The highest BCUT2D eigenvalue weighted by Crippen LogP contribution is 2.32. The van der Waals surface area contributed by atoms with Crippen molar-refractivity contribution in [3.05, 3.63) is 24.2 Å². The Balaban J connectivity index is 1.50. The third-order valence-corrected chi connectivity index (χ3v) is 5.28. The van der Waals surface area contributed by atoms with Crippen molar-refractivity contribution in [2.75, 3.05) is 31.7 Å². The zero-order chi connectivity index (χ0) is 20.0. The Morgan fingerprint density at radius 3 is 2.79 bits per heavy atom. The number of fused-ring (bicyclic) bond motifs is 1. The molecule has 0 radical (unpaired) electrons. The number of nitrogens with one attached hydrogen (secondary N) is 1. The van der Waals surface area contributed by atoms with E-state index in [9.17, 15) is 5.26 Å². The van der Waals surface area contributed by atoms with Crippen molar-refractivity contribution >= 4 is 22.7 Å². The molecular formula is C19H21N7O3. The highest BCUT2D eigenvalue weighted by Gasteiger charge is 2.30. The Labute approximate surface area is 167 Å². The number of nitrogens with zero attached hydrogens (tertiary/aromatic N) is 6. The summed E-state index contributed by atoms with van der Waals surface area (Å²) in [5.41, 5.74) is 1.94. The summed E-state index contributed by atoms with van der Waals surface area (Å²) in [6.07, 6.45) is 3.54. The van der Waals surface area contributed by atoms with E-state index in [4.69, 9.17) is 19.2 Å². The second-order valence-corrected chi connectivity index (χ2v) is 7.49. The highest BCUT2D eigenvalue weighted by atomic mass is 16.6. The van der Waals surface area contributed by atoms with Gasteiger partial charge in [-0.15, -0.1) is 5.10 Å². The first-order valence-electron chi connectivity index (χ1n) is 9.53. The minimum atomic E-state index is 0.00752. The van der Waals surface area contributed by atoms with Crippen LogP contribution in [-0.4, -0.2) is 56.8 Å². The average Bonchev–Trinajstić information content (AvgIpc) is 3.34. The molecule has 150 valence electrons. The first-order chi connectivity index (χ1) is 14.1. The van der Waals surface area contributed by atoms with Gasteiger partial charge in [0, 0.05) is 24.5 Å². The molecule has 5 rings (SSSR count). The third kappa shape index (κ3) is 3.18. The van der Waals surface area contributed by atoms with Gasteiger partial charge in [-0.3, -0.25) is 4.68 Å². The molecule has 10 nitrogen and oxygen atoms in total. The Morgan fingerprint density at radius 2 is 2.10 bits per heavy atom. The zero-order valence-electron chi connectivity index (χ0n) is 16.2. The van der Waals surface area contributed by atoms with Crippen LogP contribution >= 0.6 is 0 Å². The summed E-state index contributed by atoms with van der Waals surface area (Å²) in [5, 5.41) is 18.0. The molecule has 10 heteroatoms. The Kier molecular flexibility index (Phi) is 4.34. The van der Waals surface area contributed by atoms with Gasteiger partial charge < -0.3 is 24.1 Å². The lowest BCUT2D eigenvalue weighted by Crippen LogP contribution is -2.38. The number of aromatic nitrogens is 5. The molecule has 3 aromatic heterocycles. The summed E-state index contributed by atoms with van der Waals surface area (Å²) in [6.45, 7) is 4.48. The normalized spacial score (nSPS) is 21.8. The molecule has 0 saturated carbocycles. The lowest BCUT2D eigenvalue weighted by molar-refractivity contribution is -0.0812. The predicted molar refractivity (Wildman–Crippen MR) is 103 cm³/mol. The first kappa shape index (κ1) is 17.9. The summed E-state index contributed by atoms with van der Waals surface area (Å²) in [7, 11) is 1.82. The lowest BCUT2D eigenvalue weighted by Gasteiger charge is -2.25. The molecule has 5 heterocycles. The van der Waals surface area contributed by atoms with Crippen molar-refractivity contribution in [2.45, 2.75) is 19.1 Å². The van der Waals surface area contributed by atoms with Gasteiger partial charge in [-0.2, -0.15) is 10.2 Å². The van der Waals surface area contributed by atoms with Gasteiger partial charge >= 0.3 is 0 Å². The van der Waals surface area contributed by atoms with Crippen LogP contribution < -0.4 is 10.1 Å². The average molecular weight is 395 g/mol. The van der Waals surface area contributed by atoms with Gasteiger partial charge in [0.25, 0.3) is 5.88 Å². The van der Waals surface area contributed by atoms with E-state index in [0.717, 1.165) is 5.39 Å². The van der Waals surface area contributed by atoms with E-state index in [0.29, 0.717) is 61.2 Å². The van der Waals surface area contributed by atoms with Crippen molar-refractivity contribution in [1.82, 2.24) is 24.3 Å². The zero-order valence-corrected chi connectivity index (χ0v) is 16.2. The maximum Gasteiger partial charge on any atom is 0.257 e. The summed E-state index contributed by atoms with van der Waals surface area (Å²) >= 11 is 0. The van der Waals surface area contributed by atoms with E-state index < -0.39 is 0 Å². The second kappa shape index (κ2) is 7.02. The number of hydrogen-bond donors (Lipinski definition) is 1. The fourth-order valence-corrected chi connectivity index (χ4v) is 3.67. The van der Waals surface area contributed by atoms with Crippen LogP contribution in [0.25, 0.3) is 11.0 Å². The Morgan fingerprint density at radius 1 is 1.28 bits per heavy atom. The molecule has 0 aliphatic carbocycles. The molecule has 2 aliphatic rings. The monoisotopic (exact) mass is 395 g/mol. The lowest BCUT2D eigenvalue weighted by atomic mass is 10.1. The number of aryl methyl sites for hydroxylation is 1. The number of hydrogen-bond acceptors (Lipinski definition) is 8. The maximum atomic E-state index is 9.61. The smallest absolute Gasteiger partial charge is 0.257 e. The maximum absolute atomic E-state index is 9.61. The summed E-state index contributed by atoms with van der Waals surface area (Å²) in [5.74, 6) is 1.19. The topological polar surface area (TPSA) is 112 Å². The van der Waals surface area contributed by atoms with Gasteiger partial charge in [-0.25, -0.2) is 4.98 Å². The molecule has 2 unspecified atom stereocenters. The van der Waals surface area contributed by atoms with E-state index in [-0.39, 0.29) is 12.1 Å². The Hall–Kier alpha value is -3.16. The third-order valence-electron chi connectivity index (χ3n) is 5.28. The van der Waals surface area contributed by atoms with E-state index in [2.05, 4.69) is 28.4 Å². The van der Waals surface area contributed by atoms with Gasteiger partial charge in [0.1, 0.15) is 29.2 Å². The first-order valence-corrected chi connectivity index (χ1v) is 9.53. The van der Waals surface area contributed by atoms with Crippen LogP contribution in [0.5, 0.6) is 5.88 Å². The second-order valence-electron chi connectivity index (χ2n) is 7.49. The summed E-state index contributed by atoms with van der Waals surface area (Å²) < 4.78 is 20.3.